The molecule has 0 aliphatic heterocycles. The molecular weight excluding hydrogens is 526 g/mol. The third-order valence-electron chi connectivity index (χ3n) is 5.97. The fourth-order valence-corrected chi connectivity index (χ4v) is 5.16. The van der Waals surface area contributed by atoms with Gasteiger partial charge in [-0.1, -0.05) is 36.4 Å². The van der Waals surface area contributed by atoms with Gasteiger partial charge in [0.1, 0.15) is 34.9 Å². The summed E-state index contributed by atoms with van der Waals surface area (Å²) in [6, 6.07) is 14.7. The lowest BCUT2D eigenvalue weighted by molar-refractivity contribution is 0.0246. The molecule has 1 unspecified atom stereocenters. The highest BCUT2D eigenvalue weighted by Crippen LogP contribution is 2.33. The highest BCUT2D eigenvalue weighted by Gasteiger charge is 2.34. The van der Waals surface area contributed by atoms with Gasteiger partial charge in [-0.3, -0.25) is 0 Å². The number of hydrogen-bond donors (Lipinski definition) is 2. The van der Waals surface area contributed by atoms with E-state index >= 15 is 0 Å². The van der Waals surface area contributed by atoms with Crippen molar-refractivity contribution < 1.29 is 28.2 Å². The number of esters is 1. The highest BCUT2D eigenvalue weighted by atomic mass is 32.1. The molecule has 0 aliphatic carbocycles. The number of nitrogens with one attached hydrogen (secondary N) is 1. The fourth-order valence-electron chi connectivity index (χ4n) is 4.08. The van der Waals surface area contributed by atoms with Crippen molar-refractivity contribution in [2.24, 2.45) is 0 Å². The smallest absolute Gasteiger partial charge is 0.341 e. The predicted molar refractivity (Wildman–Crippen MR) is 143 cm³/mol. The Hall–Kier alpha value is -3.67. The molecule has 0 radical (unpaired) electrons. The molecule has 2 aromatic carbocycles. The van der Waals surface area contributed by atoms with Crippen LogP contribution in [-0.2, 0) is 34.6 Å². The molecule has 2 heterocycles. The summed E-state index contributed by atoms with van der Waals surface area (Å²) >= 11 is 1.35. The number of carbonyl (C=O) groups is 1. The Morgan fingerprint density at radius 3 is 2.72 bits per heavy atom. The number of nitrogens with zero attached hydrogens (tertiary/aromatic N) is 3. The predicted octanol–water partition coefficient (Wildman–Crippen LogP) is 4.94. The zero-order chi connectivity index (χ0) is 27.7. The Morgan fingerprint density at radius 1 is 1.18 bits per heavy atom. The fraction of sp³-hybridized carbons (Fsp3) is 0.321. The maximum atomic E-state index is 14.8. The Balaban J connectivity index is 1.47. The molecule has 11 heteroatoms. The first-order valence-electron chi connectivity index (χ1n) is 12.5. The van der Waals surface area contributed by atoms with Gasteiger partial charge in [0, 0.05) is 23.1 Å². The normalized spacial score (nSPS) is 12.7. The minimum Gasteiger partial charge on any atom is -0.462 e. The lowest BCUT2D eigenvalue weighted by Gasteiger charge is -2.29. The maximum Gasteiger partial charge on any atom is 0.341 e. The Morgan fingerprint density at radius 2 is 2.00 bits per heavy atom. The number of carbonyl (C=O) groups excluding carboxylic acids is 1. The standard InChI is InChI=1S/C28H30F2N4O4S/c1-2-38-27(35)23-14-22(9-6-12-37-15-20-7-4-3-5-8-20)39-26(23)32-16-28(36,17-34-19-31-18-33-34)24-11-10-21(29)13-25(24)30/h3-5,7-8,10-11,13-14,18-19,32,36H,2,6,9,12,15-17H2,1H3. The summed E-state index contributed by atoms with van der Waals surface area (Å²) in [7, 11) is 0. The summed E-state index contributed by atoms with van der Waals surface area (Å²) in [5.74, 6) is -2.16. The number of hydrogen-bond acceptors (Lipinski definition) is 8. The minimum absolute atomic E-state index is 0.114. The molecule has 2 N–H and O–H groups in total. The lowest BCUT2D eigenvalue weighted by atomic mass is 9.93. The zero-order valence-electron chi connectivity index (χ0n) is 21.5. The van der Waals surface area contributed by atoms with E-state index in [0.29, 0.717) is 30.2 Å². The van der Waals surface area contributed by atoms with Gasteiger partial charge in [0.15, 0.2) is 0 Å². The topological polar surface area (TPSA) is 98.5 Å². The van der Waals surface area contributed by atoms with E-state index in [9.17, 15) is 18.7 Å². The summed E-state index contributed by atoms with van der Waals surface area (Å²) in [6.07, 6.45) is 4.10. The maximum absolute atomic E-state index is 14.8. The van der Waals surface area contributed by atoms with Gasteiger partial charge in [0.05, 0.1) is 31.9 Å². The molecule has 0 bridgehead atoms. The van der Waals surface area contributed by atoms with Crippen LogP contribution in [-0.4, -0.2) is 45.6 Å². The van der Waals surface area contributed by atoms with E-state index in [2.05, 4.69) is 15.4 Å². The molecule has 2 aromatic heterocycles. The van der Waals surface area contributed by atoms with E-state index in [0.717, 1.165) is 29.0 Å². The third-order valence-corrected chi connectivity index (χ3v) is 7.12. The third kappa shape index (κ3) is 7.69. The number of halogens is 2. The average Bonchev–Trinajstić information content (AvgIpc) is 3.58. The molecule has 0 spiro atoms. The van der Waals surface area contributed by atoms with E-state index in [1.54, 1.807) is 13.0 Å². The minimum atomic E-state index is -1.84. The van der Waals surface area contributed by atoms with Gasteiger partial charge in [0.25, 0.3) is 0 Å². The number of rotatable bonds is 14. The number of aliphatic hydroxyl groups is 1. The van der Waals surface area contributed by atoms with Crippen LogP contribution in [0.3, 0.4) is 0 Å². The summed E-state index contributed by atoms with van der Waals surface area (Å²) in [5, 5.41) is 19.2. The zero-order valence-corrected chi connectivity index (χ0v) is 22.3. The van der Waals surface area contributed by atoms with E-state index in [-0.39, 0.29) is 25.3 Å². The van der Waals surface area contributed by atoms with E-state index in [1.165, 1.54) is 34.7 Å². The van der Waals surface area contributed by atoms with E-state index in [1.807, 2.05) is 30.3 Å². The van der Waals surface area contributed by atoms with Crippen molar-refractivity contribution in [2.45, 2.75) is 38.5 Å². The first-order valence-corrected chi connectivity index (χ1v) is 13.4. The van der Waals surface area contributed by atoms with Crippen molar-refractivity contribution in [3.63, 3.8) is 0 Å². The molecular formula is C28H30F2N4O4S. The average molecular weight is 557 g/mol. The molecule has 4 rings (SSSR count). The van der Waals surface area contributed by atoms with Crippen LogP contribution >= 0.6 is 11.3 Å². The van der Waals surface area contributed by atoms with Gasteiger partial charge in [-0.15, -0.1) is 11.3 Å². The number of benzene rings is 2. The van der Waals surface area contributed by atoms with Crippen molar-refractivity contribution >= 4 is 22.3 Å². The summed E-state index contributed by atoms with van der Waals surface area (Å²) in [4.78, 5) is 17.5. The summed E-state index contributed by atoms with van der Waals surface area (Å²) in [5.41, 5.74) is -0.533. The van der Waals surface area contributed by atoms with Gasteiger partial charge in [0.2, 0.25) is 0 Å². The van der Waals surface area contributed by atoms with Crippen LogP contribution in [0.2, 0.25) is 0 Å². The van der Waals surface area contributed by atoms with Crippen molar-refractivity contribution in [2.75, 3.05) is 25.1 Å². The van der Waals surface area contributed by atoms with Crippen LogP contribution in [0.5, 0.6) is 0 Å². The van der Waals surface area contributed by atoms with Gasteiger partial charge in [-0.2, -0.15) is 5.10 Å². The highest BCUT2D eigenvalue weighted by molar-refractivity contribution is 7.16. The number of thiophene rings is 1. The molecule has 0 saturated heterocycles. The van der Waals surface area contributed by atoms with E-state index in [4.69, 9.17) is 9.47 Å². The molecule has 0 fully saturated rings. The first-order chi connectivity index (χ1) is 18.9. The van der Waals surface area contributed by atoms with Crippen molar-refractivity contribution in [3.8, 4) is 0 Å². The van der Waals surface area contributed by atoms with Gasteiger partial charge >= 0.3 is 5.97 Å². The van der Waals surface area contributed by atoms with Crippen LogP contribution in [0.4, 0.5) is 13.8 Å². The molecule has 1 atom stereocenters. The Labute approximate surface area is 229 Å². The molecule has 39 heavy (non-hydrogen) atoms. The van der Waals surface area contributed by atoms with Crippen LogP contribution in [0.15, 0.2) is 67.3 Å². The second kappa shape index (κ2) is 13.4. The summed E-state index contributed by atoms with van der Waals surface area (Å²) < 4.78 is 40.7. The molecule has 4 aromatic rings. The first kappa shape index (κ1) is 28.3. The SMILES string of the molecule is CCOC(=O)c1cc(CCCOCc2ccccc2)sc1NCC(O)(Cn1cncn1)c1ccc(F)cc1F. The lowest BCUT2D eigenvalue weighted by Crippen LogP contribution is -2.39. The van der Waals surface area contributed by atoms with Crippen LogP contribution in [0.1, 0.15) is 39.7 Å². The Bertz CT molecular complexity index is 1350. The van der Waals surface area contributed by atoms with E-state index < -0.39 is 23.2 Å². The molecule has 0 amide bonds. The van der Waals surface area contributed by atoms with Gasteiger partial charge < -0.3 is 19.9 Å². The number of anilines is 1. The summed E-state index contributed by atoms with van der Waals surface area (Å²) in [6.45, 7) is 2.64. The van der Waals surface area contributed by atoms with Crippen molar-refractivity contribution in [1.29, 1.82) is 0 Å². The van der Waals surface area contributed by atoms with Gasteiger partial charge in [-0.05, 0) is 37.5 Å². The van der Waals surface area contributed by atoms with Gasteiger partial charge in [-0.25, -0.2) is 23.2 Å². The van der Waals surface area contributed by atoms with Crippen LogP contribution in [0.25, 0.3) is 0 Å². The molecule has 0 saturated carbocycles. The monoisotopic (exact) mass is 556 g/mol. The van der Waals surface area contributed by atoms with Crippen molar-refractivity contribution in [3.05, 3.63) is 100 Å². The number of ether oxygens (including phenoxy) is 2. The van der Waals surface area contributed by atoms with Crippen molar-refractivity contribution in [1.82, 2.24) is 14.8 Å². The molecule has 8 nitrogen and oxygen atoms in total. The second-order valence-corrected chi connectivity index (χ2v) is 10.1. The quantitative estimate of drug-likeness (QED) is 0.168. The number of aromatic nitrogens is 3. The molecule has 206 valence electrons. The Kier molecular flexibility index (Phi) is 9.74. The van der Waals surface area contributed by atoms with Crippen LogP contribution < -0.4 is 5.32 Å². The largest absolute Gasteiger partial charge is 0.462 e. The van der Waals surface area contributed by atoms with Crippen LogP contribution in [0, 0.1) is 11.6 Å². The number of aryl methyl sites for hydroxylation is 1. The molecule has 0 aliphatic rings. The second-order valence-electron chi connectivity index (χ2n) is 8.92.